The van der Waals surface area contributed by atoms with Crippen molar-refractivity contribution < 1.29 is 39.8 Å². The number of pyridine rings is 1. The Labute approximate surface area is 170 Å². The van der Waals surface area contributed by atoms with Crippen molar-refractivity contribution in [1.29, 1.82) is 0 Å². The van der Waals surface area contributed by atoms with Gasteiger partial charge in [-0.3, -0.25) is 4.98 Å². The highest BCUT2D eigenvalue weighted by atomic mass is 16.6. The number of aromatic nitrogens is 1. The number of hydrogen-bond donors (Lipinski definition) is 5. The standard InChI is InChI=1S/C21H17NO8/c23-12-7-14(24)13-9-18(30-21(28)10-1-3-22-4-2-10)20(29-17(13)8-12)11-5-15(25)19(27)16(26)6-11/h1-8,18,20,23-27H,9H2/t18-,20-/m1/s1. The molecule has 1 aliphatic heterocycles. The summed E-state index contributed by atoms with van der Waals surface area (Å²) in [7, 11) is 0. The monoisotopic (exact) mass is 411 g/mol. The summed E-state index contributed by atoms with van der Waals surface area (Å²) in [5, 5.41) is 49.3. The lowest BCUT2D eigenvalue weighted by Crippen LogP contribution is -2.34. The second-order valence-corrected chi connectivity index (χ2v) is 6.77. The predicted molar refractivity (Wildman–Crippen MR) is 102 cm³/mol. The van der Waals surface area contributed by atoms with Crippen LogP contribution in [0.15, 0.2) is 48.8 Å². The van der Waals surface area contributed by atoms with Crippen molar-refractivity contribution >= 4 is 5.97 Å². The van der Waals surface area contributed by atoms with Crippen molar-refractivity contribution in [3.05, 3.63) is 65.5 Å². The fraction of sp³-hybridized carbons (Fsp3) is 0.143. The third-order valence-electron chi connectivity index (χ3n) is 4.76. The van der Waals surface area contributed by atoms with Gasteiger partial charge in [0.2, 0.25) is 0 Å². The van der Waals surface area contributed by atoms with Gasteiger partial charge in [0.15, 0.2) is 23.4 Å². The Hall–Kier alpha value is -4.14. The number of carbonyl (C=O) groups excluding carboxylic acids is 1. The molecule has 1 aromatic heterocycles. The molecule has 0 aliphatic carbocycles. The lowest BCUT2D eigenvalue weighted by atomic mass is 9.93. The molecule has 0 amide bonds. The summed E-state index contributed by atoms with van der Waals surface area (Å²) in [4.78, 5) is 16.4. The summed E-state index contributed by atoms with van der Waals surface area (Å²) in [6.07, 6.45) is 0.932. The van der Waals surface area contributed by atoms with Gasteiger partial charge in [-0.25, -0.2) is 4.79 Å². The Bertz CT molecular complexity index is 1090. The summed E-state index contributed by atoms with van der Waals surface area (Å²) in [5.41, 5.74) is 0.786. The first-order chi connectivity index (χ1) is 14.3. The van der Waals surface area contributed by atoms with Gasteiger partial charge in [-0.1, -0.05) is 0 Å². The van der Waals surface area contributed by atoms with Crippen LogP contribution in [0.5, 0.6) is 34.5 Å². The molecule has 2 atom stereocenters. The highest BCUT2D eigenvalue weighted by Crippen LogP contribution is 2.45. The molecule has 9 nitrogen and oxygen atoms in total. The first-order valence-corrected chi connectivity index (χ1v) is 8.91. The molecule has 9 heteroatoms. The largest absolute Gasteiger partial charge is 0.508 e. The van der Waals surface area contributed by atoms with Crippen molar-refractivity contribution in [2.45, 2.75) is 18.6 Å². The van der Waals surface area contributed by atoms with Crippen molar-refractivity contribution in [3.63, 3.8) is 0 Å². The van der Waals surface area contributed by atoms with E-state index in [1.54, 1.807) is 0 Å². The topological polar surface area (TPSA) is 150 Å². The zero-order chi connectivity index (χ0) is 21.4. The van der Waals surface area contributed by atoms with Crippen LogP contribution in [0, 0.1) is 0 Å². The molecular formula is C21H17NO8. The molecule has 0 spiro atoms. The van der Waals surface area contributed by atoms with E-state index >= 15 is 0 Å². The van der Waals surface area contributed by atoms with E-state index in [-0.39, 0.29) is 34.8 Å². The minimum atomic E-state index is -1.01. The number of ether oxygens (including phenoxy) is 2. The Morgan fingerprint density at radius 3 is 2.30 bits per heavy atom. The van der Waals surface area contributed by atoms with Gasteiger partial charge in [-0.15, -0.1) is 0 Å². The number of aromatic hydroxyl groups is 5. The molecule has 154 valence electrons. The average Bonchev–Trinajstić information content (AvgIpc) is 2.72. The molecule has 0 unspecified atom stereocenters. The maximum Gasteiger partial charge on any atom is 0.338 e. The van der Waals surface area contributed by atoms with Crippen LogP contribution in [0.3, 0.4) is 0 Å². The fourth-order valence-corrected chi connectivity index (χ4v) is 3.32. The summed E-state index contributed by atoms with van der Waals surface area (Å²) in [5.74, 6) is -2.84. The number of phenolic OH excluding ortho intramolecular Hbond substituents is 5. The normalized spacial score (nSPS) is 17.6. The van der Waals surface area contributed by atoms with E-state index in [1.165, 1.54) is 42.7 Å². The maximum absolute atomic E-state index is 12.6. The number of nitrogens with zero attached hydrogens (tertiary/aromatic N) is 1. The molecule has 2 heterocycles. The molecule has 0 saturated carbocycles. The van der Waals surface area contributed by atoms with E-state index < -0.39 is 35.4 Å². The Morgan fingerprint density at radius 1 is 0.967 bits per heavy atom. The van der Waals surface area contributed by atoms with E-state index in [0.717, 1.165) is 6.07 Å². The van der Waals surface area contributed by atoms with Crippen molar-refractivity contribution in [1.82, 2.24) is 4.98 Å². The molecular weight excluding hydrogens is 394 g/mol. The van der Waals surface area contributed by atoms with E-state index in [0.29, 0.717) is 5.56 Å². The van der Waals surface area contributed by atoms with Crippen LogP contribution in [-0.2, 0) is 11.2 Å². The molecule has 5 N–H and O–H groups in total. The lowest BCUT2D eigenvalue weighted by molar-refractivity contribution is -0.0189. The van der Waals surface area contributed by atoms with Crippen LogP contribution >= 0.6 is 0 Å². The molecule has 3 aromatic rings. The number of carbonyl (C=O) groups is 1. The van der Waals surface area contributed by atoms with Crippen LogP contribution < -0.4 is 4.74 Å². The summed E-state index contributed by atoms with van der Waals surface area (Å²) in [6, 6.07) is 7.72. The number of fused-ring (bicyclic) bond motifs is 1. The van der Waals surface area contributed by atoms with Gasteiger partial charge in [0, 0.05) is 42.1 Å². The molecule has 0 saturated heterocycles. The quantitative estimate of drug-likeness (QED) is 0.324. The Morgan fingerprint density at radius 2 is 1.63 bits per heavy atom. The summed E-state index contributed by atoms with van der Waals surface area (Å²) in [6.45, 7) is 0. The number of esters is 1. The SMILES string of the molecule is O=C(O[C@@H]1Cc2c(O)cc(O)cc2O[C@@H]1c1cc(O)c(O)c(O)c1)c1ccncc1. The van der Waals surface area contributed by atoms with Crippen LogP contribution in [0.4, 0.5) is 0 Å². The van der Waals surface area contributed by atoms with Gasteiger partial charge in [-0.05, 0) is 24.3 Å². The van der Waals surface area contributed by atoms with E-state index in [2.05, 4.69) is 4.98 Å². The minimum absolute atomic E-state index is 0.0331. The molecule has 4 rings (SSSR count). The fourth-order valence-electron chi connectivity index (χ4n) is 3.32. The van der Waals surface area contributed by atoms with Crippen LogP contribution in [0.25, 0.3) is 0 Å². The molecule has 0 radical (unpaired) electrons. The highest BCUT2D eigenvalue weighted by molar-refractivity contribution is 5.89. The second kappa shape index (κ2) is 7.36. The molecule has 0 bridgehead atoms. The molecule has 1 aliphatic rings. The molecule has 2 aromatic carbocycles. The number of phenols is 5. The zero-order valence-corrected chi connectivity index (χ0v) is 15.4. The summed E-state index contributed by atoms with van der Waals surface area (Å²) < 4.78 is 11.5. The zero-order valence-electron chi connectivity index (χ0n) is 15.4. The first-order valence-electron chi connectivity index (χ1n) is 8.91. The average molecular weight is 411 g/mol. The number of benzene rings is 2. The van der Waals surface area contributed by atoms with E-state index in [9.17, 15) is 30.3 Å². The smallest absolute Gasteiger partial charge is 0.338 e. The van der Waals surface area contributed by atoms with Crippen LogP contribution in [0.2, 0.25) is 0 Å². The van der Waals surface area contributed by atoms with E-state index in [1.807, 2.05) is 0 Å². The van der Waals surface area contributed by atoms with Crippen LogP contribution in [-0.4, -0.2) is 42.6 Å². The van der Waals surface area contributed by atoms with Gasteiger partial charge in [-0.2, -0.15) is 0 Å². The molecule has 0 fully saturated rings. The predicted octanol–water partition coefficient (Wildman–Crippen LogP) is 2.51. The third-order valence-corrected chi connectivity index (χ3v) is 4.76. The second-order valence-electron chi connectivity index (χ2n) is 6.77. The third kappa shape index (κ3) is 3.48. The van der Waals surface area contributed by atoms with Gasteiger partial charge in [0.1, 0.15) is 23.4 Å². The minimum Gasteiger partial charge on any atom is -0.508 e. The van der Waals surface area contributed by atoms with Gasteiger partial charge < -0.3 is 35.0 Å². The van der Waals surface area contributed by atoms with E-state index in [4.69, 9.17) is 9.47 Å². The summed E-state index contributed by atoms with van der Waals surface area (Å²) >= 11 is 0. The Kier molecular flexibility index (Phi) is 4.71. The first kappa shape index (κ1) is 19.2. The van der Waals surface area contributed by atoms with Crippen molar-refractivity contribution in [2.75, 3.05) is 0 Å². The lowest BCUT2D eigenvalue weighted by Gasteiger charge is -2.34. The van der Waals surface area contributed by atoms with Crippen molar-refractivity contribution in [3.8, 4) is 34.5 Å². The van der Waals surface area contributed by atoms with Crippen LogP contribution in [0.1, 0.15) is 27.6 Å². The number of hydrogen-bond acceptors (Lipinski definition) is 9. The van der Waals surface area contributed by atoms with Gasteiger partial charge >= 0.3 is 5.97 Å². The number of rotatable bonds is 3. The maximum atomic E-state index is 12.6. The van der Waals surface area contributed by atoms with Crippen molar-refractivity contribution in [2.24, 2.45) is 0 Å². The highest BCUT2D eigenvalue weighted by Gasteiger charge is 2.37. The molecule has 30 heavy (non-hydrogen) atoms. The Balaban J connectivity index is 1.75. The van der Waals surface area contributed by atoms with Gasteiger partial charge in [0.25, 0.3) is 0 Å². The van der Waals surface area contributed by atoms with Gasteiger partial charge in [0.05, 0.1) is 5.56 Å².